The van der Waals surface area contributed by atoms with Crippen molar-refractivity contribution in [1.29, 1.82) is 0 Å². The minimum Gasteiger partial charge on any atom is -0.434 e. The van der Waals surface area contributed by atoms with Crippen molar-refractivity contribution >= 4 is 38.6 Å². The van der Waals surface area contributed by atoms with Gasteiger partial charge in [-0.25, -0.2) is 19.3 Å². The Morgan fingerprint density at radius 1 is 1.17 bits per heavy atom. The van der Waals surface area contributed by atoms with Crippen LogP contribution in [0.2, 0.25) is 0 Å². The number of ether oxygens (including phenoxy) is 1. The Kier molecular flexibility index (Phi) is 3.81. The molecule has 3 heterocycles. The summed E-state index contributed by atoms with van der Waals surface area (Å²) in [6.07, 6.45) is 3.14. The molecule has 0 aliphatic heterocycles. The third kappa shape index (κ3) is 2.68. The lowest BCUT2D eigenvalue weighted by Gasteiger charge is -2.07. The summed E-state index contributed by atoms with van der Waals surface area (Å²) in [5.74, 6) is 5.10. The number of anilines is 1. The number of nitrogens with two attached hydrogens (primary N) is 1. The van der Waals surface area contributed by atoms with Crippen molar-refractivity contribution in [2.75, 3.05) is 5.43 Å². The van der Waals surface area contributed by atoms with E-state index in [1.165, 1.54) is 41.1 Å². The highest BCUT2D eigenvalue weighted by Gasteiger charge is 2.15. The molecule has 9 heteroatoms. The molecule has 1 aromatic carbocycles. The number of halogens is 1. The Hall–Kier alpha value is -2.62. The van der Waals surface area contributed by atoms with Crippen molar-refractivity contribution < 1.29 is 9.13 Å². The maximum Gasteiger partial charge on any atom is 0.240 e. The summed E-state index contributed by atoms with van der Waals surface area (Å²) in [6, 6.07) is 6.29. The predicted octanol–water partition coefficient (Wildman–Crippen LogP) is 4.03. The molecule has 0 atom stereocenters. The molecule has 0 saturated carbocycles. The van der Waals surface area contributed by atoms with Gasteiger partial charge in [0.25, 0.3) is 0 Å². The number of benzene rings is 1. The van der Waals surface area contributed by atoms with Gasteiger partial charge in [-0.05, 0) is 18.2 Å². The van der Waals surface area contributed by atoms with Gasteiger partial charge in [0.2, 0.25) is 5.88 Å². The highest BCUT2D eigenvalue weighted by Crippen LogP contribution is 2.38. The normalized spacial score (nSPS) is 10.9. The standard InChI is InChI=1S/C15H10FN5OS2/c16-9-5-8(21-17)1-2-11(9)22-14-13-10(19-7-20-14)6-12(24-13)15-18-3-4-23-15/h1-7,21H,17H2. The van der Waals surface area contributed by atoms with E-state index in [2.05, 4.69) is 20.4 Å². The third-order valence-electron chi connectivity index (χ3n) is 3.23. The lowest BCUT2D eigenvalue weighted by Crippen LogP contribution is -2.06. The average molecular weight is 359 g/mol. The van der Waals surface area contributed by atoms with Crippen LogP contribution in [0.3, 0.4) is 0 Å². The molecule has 0 unspecified atom stereocenters. The zero-order valence-corrected chi connectivity index (χ0v) is 13.7. The van der Waals surface area contributed by atoms with Gasteiger partial charge in [0.1, 0.15) is 16.0 Å². The van der Waals surface area contributed by atoms with Gasteiger partial charge < -0.3 is 10.2 Å². The van der Waals surface area contributed by atoms with E-state index >= 15 is 0 Å². The van der Waals surface area contributed by atoms with Crippen molar-refractivity contribution in [2.24, 2.45) is 5.84 Å². The molecule has 0 bridgehead atoms. The minimum absolute atomic E-state index is 0.0678. The van der Waals surface area contributed by atoms with E-state index in [0.29, 0.717) is 11.6 Å². The SMILES string of the molecule is NNc1ccc(Oc2ncnc3cc(-c4nccs4)sc23)c(F)c1. The van der Waals surface area contributed by atoms with Crippen LogP contribution in [0.15, 0.2) is 42.2 Å². The van der Waals surface area contributed by atoms with Crippen molar-refractivity contribution in [3.63, 3.8) is 0 Å². The Balaban J connectivity index is 1.74. The Labute approximate surface area is 143 Å². The van der Waals surface area contributed by atoms with Crippen LogP contribution >= 0.6 is 22.7 Å². The molecular weight excluding hydrogens is 349 g/mol. The monoisotopic (exact) mass is 359 g/mol. The highest BCUT2D eigenvalue weighted by molar-refractivity contribution is 7.25. The first-order chi connectivity index (χ1) is 11.7. The molecule has 0 amide bonds. The van der Waals surface area contributed by atoms with E-state index in [9.17, 15) is 4.39 Å². The van der Waals surface area contributed by atoms with Crippen LogP contribution in [-0.4, -0.2) is 15.0 Å². The van der Waals surface area contributed by atoms with Crippen LogP contribution < -0.4 is 16.0 Å². The zero-order chi connectivity index (χ0) is 16.5. The maximum atomic E-state index is 14.1. The molecule has 0 aliphatic carbocycles. The van der Waals surface area contributed by atoms with Gasteiger partial charge in [0.05, 0.1) is 16.1 Å². The second-order valence-electron chi connectivity index (χ2n) is 4.73. The largest absolute Gasteiger partial charge is 0.434 e. The van der Waals surface area contributed by atoms with Gasteiger partial charge in [-0.1, -0.05) is 0 Å². The molecule has 4 rings (SSSR count). The summed E-state index contributed by atoms with van der Waals surface area (Å²) >= 11 is 3.00. The Morgan fingerprint density at radius 2 is 2.08 bits per heavy atom. The first-order valence-electron chi connectivity index (χ1n) is 6.83. The second-order valence-corrected chi connectivity index (χ2v) is 6.68. The number of nitrogens with one attached hydrogen (secondary N) is 1. The Bertz CT molecular complexity index is 1000. The molecule has 3 aromatic heterocycles. The van der Waals surface area contributed by atoms with Crippen LogP contribution in [0.4, 0.5) is 10.1 Å². The molecular formula is C15H10FN5OS2. The lowest BCUT2D eigenvalue weighted by atomic mass is 10.3. The number of fused-ring (bicyclic) bond motifs is 1. The number of nitrogens with zero attached hydrogens (tertiary/aromatic N) is 3. The van der Waals surface area contributed by atoms with Gasteiger partial charge in [-0.2, -0.15) is 0 Å². The number of hydrogen-bond acceptors (Lipinski definition) is 8. The number of nitrogen functional groups attached to an aromatic ring is 1. The second kappa shape index (κ2) is 6.11. The molecule has 0 fully saturated rings. The fourth-order valence-corrected chi connectivity index (χ4v) is 3.88. The minimum atomic E-state index is -0.533. The quantitative estimate of drug-likeness (QED) is 0.423. The van der Waals surface area contributed by atoms with E-state index in [1.54, 1.807) is 12.3 Å². The van der Waals surface area contributed by atoms with Gasteiger partial charge in [0, 0.05) is 17.6 Å². The molecule has 24 heavy (non-hydrogen) atoms. The number of thiazole rings is 1. The zero-order valence-electron chi connectivity index (χ0n) is 12.1. The fourth-order valence-electron chi connectivity index (χ4n) is 2.13. The van der Waals surface area contributed by atoms with Crippen LogP contribution in [0.1, 0.15) is 0 Å². The molecule has 0 radical (unpaired) electrons. The molecule has 3 N–H and O–H groups in total. The first-order valence-corrected chi connectivity index (χ1v) is 8.52. The Morgan fingerprint density at radius 3 is 2.83 bits per heavy atom. The summed E-state index contributed by atoms with van der Waals surface area (Å²) in [6.45, 7) is 0. The summed E-state index contributed by atoms with van der Waals surface area (Å²) in [7, 11) is 0. The van der Waals surface area contributed by atoms with Crippen molar-refractivity contribution in [3.8, 4) is 21.5 Å². The molecule has 120 valence electrons. The van der Waals surface area contributed by atoms with Gasteiger partial charge in [-0.15, -0.1) is 22.7 Å². The topological polar surface area (TPSA) is 86.0 Å². The number of aromatic nitrogens is 3. The van der Waals surface area contributed by atoms with Crippen molar-refractivity contribution in [3.05, 3.63) is 48.0 Å². The third-order valence-corrected chi connectivity index (χ3v) is 5.28. The van der Waals surface area contributed by atoms with E-state index in [4.69, 9.17) is 10.6 Å². The van der Waals surface area contributed by atoms with Crippen molar-refractivity contribution in [2.45, 2.75) is 0 Å². The number of thiophene rings is 1. The van der Waals surface area contributed by atoms with E-state index in [1.807, 2.05) is 11.4 Å². The van der Waals surface area contributed by atoms with E-state index < -0.39 is 5.82 Å². The van der Waals surface area contributed by atoms with Gasteiger partial charge in [-0.3, -0.25) is 5.84 Å². The van der Waals surface area contributed by atoms with Gasteiger partial charge in [0.15, 0.2) is 11.6 Å². The molecule has 0 spiro atoms. The van der Waals surface area contributed by atoms with E-state index in [-0.39, 0.29) is 5.75 Å². The van der Waals surface area contributed by atoms with Crippen LogP contribution in [0, 0.1) is 5.82 Å². The van der Waals surface area contributed by atoms with Crippen LogP contribution in [-0.2, 0) is 0 Å². The summed E-state index contributed by atoms with van der Waals surface area (Å²) < 4.78 is 20.5. The number of rotatable bonds is 4. The lowest BCUT2D eigenvalue weighted by molar-refractivity contribution is 0.432. The van der Waals surface area contributed by atoms with Crippen LogP contribution in [0.25, 0.3) is 20.1 Å². The number of hydrogen-bond donors (Lipinski definition) is 2. The summed E-state index contributed by atoms with van der Waals surface area (Å²) in [5.41, 5.74) is 3.57. The summed E-state index contributed by atoms with van der Waals surface area (Å²) in [4.78, 5) is 13.6. The molecule has 0 aliphatic rings. The van der Waals surface area contributed by atoms with E-state index in [0.717, 1.165) is 20.1 Å². The van der Waals surface area contributed by atoms with Crippen molar-refractivity contribution in [1.82, 2.24) is 15.0 Å². The highest BCUT2D eigenvalue weighted by atomic mass is 32.1. The smallest absolute Gasteiger partial charge is 0.240 e. The van der Waals surface area contributed by atoms with Crippen LogP contribution in [0.5, 0.6) is 11.6 Å². The molecule has 4 aromatic rings. The summed E-state index contributed by atoms with van der Waals surface area (Å²) in [5, 5.41) is 2.80. The molecule has 6 nitrogen and oxygen atoms in total. The van der Waals surface area contributed by atoms with Gasteiger partial charge >= 0.3 is 0 Å². The maximum absolute atomic E-state index is 14.1. The number of hydrazine groups is 1. The average Bonchev–Trinajstić information content (AvgIpc) is 3.25. The predicted molar refractivity (Wildman–Crippen MR) is 92.8 cm³/mol. The fraction of sp³-hybridized carbons (Fsp3) is 0. The molecule has 0 saturated heterocycles. The first kappa shape index (κ1) is 14.9.